The van der Waals surface area contributed by atoms with Crippen molar-refractivity contribution in [3.8, 4) is 27.8 Å². The molecule has 0 unspecified atom stereocenters. The van der Waals surface area contributed by atoms with Crippen LogP contribution in [-0.4, -0.2) is 10.9 Å². The van der Waals surface area contributed by atoms with Crippen molar-refractivity contribution in [3.05, 3.63) is 131 Å². The molecule has 0 bridgehead atoms. The van der Waals surface area contributed by atoms with Crippen LogP contribution in [0.25, 0.3) is 10.6 Å². The molecule has 7 heteroatoms. The number of ether oxygens (including phenoxy) is 2. The lowest BCUT2D eigenvalue weighted by Crippen LogP contribution is -2.23. The number of halogens is 1. The van der Waals surface area contributed by atoms with Gasteiger partial charge in [-0.3, -0.25) is 4.79 Å². The Morgan fingerprint density at radius 1 is 0.838 bits per heavy atom. The molecule has 5 aromatic rings. The van der Waals surface area contributed by atoms with Crippen LogP contribution in [0.4, 0.5) is 4.39 Å². The van der Waals surface area contributed by atoms with Gasteiger partial charge in [-0.25, -0.2) is 9.37 Å². The van der Waals surface area contributed by atoms with Gasteiger partial charge in [0.2, 0.25) is 0 Å². The van der Waals surface area contributed by atoms with E-state index in [9.17, 15) is 9.18 Å². The van der Waals surface area contributed by atoms with Crippen LogP contribution in [0.1, 0.15) is 21.6 Å². The van der Waals surface area contributed by atoms with Crippen LogP contribution in [0.15, 0.2) is 109 Å². The number of nitrogens with one attached hydrogen (secondary N) is 1. The fourth-order valence-corrected chi connectivity index (χ4v) is 4.42. The number of carbonyl (C=O) groups excluding carboxylic acids is 1. The zero-order chi connectivity index (χ0) is 25.5. The highest BCUT2D eigenvalue weighted by Gasteiger charge is 2.13. The van der Waals surface area contributed by atoms with Crippen LogP contribution >= 0.6 is 11.3 Å². The molecule has 0 aliphatic rings. The number of benzene rings is 4. The molecule has 0 aliphatic heterocycles. The summed E-state index contributed by atoms with van der Waals surface area (Å²) in [5.74, 6) is 1.49. The molecule has 0 spiro atoms. The van der Waals surface area contributed by atoms with Gasteiger partial charge in [0.25, 0.3) is 5.91 Å². The molecule has 0 aliphatic carbocycles. The van der Waals surface area contributed by atoms with Gasteiger partial charge in [-0.05, 0) is 48.0 Å². The van der Waals surface area contributed by atoms with Gasteiger partial charge in [0.15, 0.2) is 0 Å². The van der Waals surface area contributed by atoms with Crippen molar-refractivity contribution in [2.24, 2.45) is 0 Å². The number of aromatic nitrogens is 1. The zero-order valence-electron chi connectivity index (χ0n) is 19.8. The lowest BCUT2D eigenvalue weighted by atomic mass is 10.2. The first kappa shape index (κ1) is 24.2. The first-order valence-electron chi connectivity index (χ1n) is 11.7. The quantitative estimate of drug-likeness (QED) is 0.227. The number of thiazole rings is 1. The number of hydrogen-bond donors (Lipinski definition) is 1. The van der Waals surface area contributed by atoms with Gasteiger partial charge >= 0.3 is 0 Å². The first-order valence-corrected chi connectivity index (χ1v) is 12.5. The molecule has 1 heterocycles. The smallest absolute Gasteiger partial charge is 0.271 e. The molecule has 184 valence electrons. The maximum atomic E-state index is 13.9. The second-order valence-corrected chi connectivity index (χ2v) is 9.05. The Balaban J connectivity index is 1.19. The van der Waals surface area contributed by atoms with E-state index in [2.05, 4.69) is 10.3 Å². The minimum Gasteiger partial charge on any atom is -0.489 e. The Bertz CT molecular complexity index is 1500. The highest BCUT2D eigenvalue weighted by molar-refractivity contribution is 7.13. The van der Waals surface area contributed by atoms with Crippen LogP contribution in [0.3, 0.4) is 0 Å². The monoisotopic (exact) mass is 510 g/mol. The molecule has 4 aromatic carbocycles. The maximum absolute atomic E-state index is 13.9. The summed E-state index contributed by atoms with van der Waals surface area (Å²) in [4.78, 5) is 17.2. The Kier molecular flexibility index (Phi) is 7.52. The van der Waals surface area contributed by atoms with E-state index in [4.69, 9.17) is 9.47 Å². The highest BCUT2D eigenvalue weighted by atomic mass is 32.1. The Morgan fingerprint density at radius 2 is 1.59 bits per heavy atom. The average molecular weight is 511 g/mol. The molecule has 0 saturated heterocycles. The minimum atomic E-state index is -0.301. The summed E-state index contributed by atoms with van der Waals surface area (Å²) in [5.41, 5.74) is 2.56. The van der Waals surface area contributed by atoms with Crippen molar-refractivity contribution in [3.63, 3.8) is 0 Å². The number of amides is 1. The van der Waals surface area contributed by atoms with Crippen molar-refractivity contribution in [2.45, 2.75) is 13.2 Å². The van der Waals surface area contributed by atoms with Crippen LogP contribution < -0.4 is 14.8 Å². The number of para-hydroxylation sites is 1. The van der Waals surface area contributed by atoms with Crippen molar-refractivity contribution in [2.75, 3.05) is 0 Å². The van der Waals surface area contributed by atoms with Gasteiger partial charge in [0.1, 0.15) is 40.4 Å². The molecule has 0 saturated carbocycles. The summed E-state index contributed by atoms with van der Waals surface area (Å²) in [6, 6.07) is 31.0. The molecule has 5 nitrogen and oxygen atoms in total. The zero-order valence-corrected chi connectivity index (χ0v) is 20.6. The minimum absolute atomic E-state index is 0.124. The lowest BCUT2D eigenvalue weighted by molar-refractivity contribution is 0.0946. The molecule has 0 radical (unpaired) electrons. The van der Waals surface area contributed by atoms with Gasteiger partial charge in [-0.15, -0.1) is 11.3 Å². The van der Waals surface area contributed by atoms with Crippen molar-refractivity contribution in [1.82, 2.24) is 10.3 Å². The fraction of sp³-hybridized carbons (Fsp3) is 0.0667. The van der Waals surface area contributed by atoms with Crippen LogP contribution in [-0.2, 0) is 13.2 Å². The summed E-state index contributed by atoms with van der Waals surface area (Å²) in [5, 5.41) is 5.34. The van der Waals surface area contributed by atoms with E-state index in [1.807, 2.05) is 72.8 Å². The predicted octanol–water partition coefficient (Wildman–Crippen LogP) is 7.25. The Hall–Kier alpha value is -4.49. The van der Waals surface area contributed by atoms with Crippen LogP contribution in [0.5, 0.6) is 17.2 Å². The lowest BCUT2D eigenvalue weighted by Gasteiger charge is -2.08. The molecule has 1 aromatic heterocycles. The summed E-state index contributed by atoms with van der Waals surface area (Å²) in [7, 11) is 0. The van der Waals surface area contributed by atoms with E-state index in [-0.39, 0.29) is 18.3 Å². The predicted molar refractivity (Wildman–Crippen MR) is 142 cm³/mol. The fourth-order valence-electron chi connectivity index (χ4n) is 3.62. The van der Waals surface area contributed by atoms with Crippen molar-refractivity contribution >= 4 is 17.2 Å². The second kappa shape index (κ2) is 11.5. The van der Waals surface area contributed by atoms with Crippen LogP contribution in [0, 0.1) is 5.82 Å². The average Bonchev–Trinajstić information content (AvgIpc) is 3.43. The maximum Gasteiger partial charge on any atom is 0.271 e. The first-order chi connectivity index (χ1) is 18.1. The molecular weight excluding hydrogens is 487 g/mol. The standard InChI is InChI=1S/C30H23FN2O3S/c31-27-15-5-4-9-23(27)19-35-25-13-7-10-22(17-25)30-33-28(20-37-30)29(34)32-18-21-8-6-14-26(16-21)36-24-11-2-1-3-12-24/h1-17,20H,18-19H2,(H,32,34). The highest BCUT2D eigenvalue weighted by Crippen LogP contribution is 2.28. The van der Waals surface area contributed by atoms with E-state index in [0.717, 1.165) is 16.9 Å². The summed E-state index contributed by atoms with van der Waals surface area (Å²) in [6.45, 7) is 0.469. The van der Waals surface area contributed by atoms with Gasteiger partial charge in [0.05, 0.1) is 0 Å². The van der Waals surface area contributed by atoms with Crippen LogP contribution in [0.2, 0.25) is 0 Å². The molecule has 5 rings (SSSR count). The summed E-state index contributed by atoms with van der Waals surface area (Å²) >= 11 is 1.37. The number of carbonyl (C=O) groups is 1. The van der Waals surface area contributed by atoms with E-state index in [1.165, 1.54) is 17.4 Å². The van der Waals surface area contributed by atoms with E-state index >= 15 is 0 Å². The summed E-state index contributed by atoms with van der Waals surface area (Å²) < 4.78 is 25.5. The van der Waals surface area contributed by atoms with Gasteiger partial charge in [-0.2, -0.15) is 0 Å². The normalized spacial score (nSPS) is 10.6. The molecule has 0 fully saturated rings. The second-order valence-electron chi connectivity index (χ2n) is 8.19. The number of hydrogen-bond acceptors (Lipinski definition) is 5. The Labute approximate surface area is 218 Å². The third kappa shape index (κ3) is 6.39. The molecule has 37 heavy (non-hydrogen) atoms. The van der Waals surface area contributed by atoms with E-state index < -0.39 is 0 Å². The molecule has 1 N–H and O–H groups in total. The molecule has 1 amide bonds. The molecule has 0 atom stereocenters. The third-order valence-corrected chi connectivity index (χ3v) is 6.39. The van der Waals surface area contributed by atoms with Gasteiger partial charge in [0, 0.05) is 23.1 Å². The number of rotatable bonds is 9. The van der Waals surface area contributed by atoms with E-state index in [0.29, 0.717) is 34.3 Å². The van der Waals surface area contributed by atoms with Crippen molar-refractivity contribution in [1.29, 1.82) is 0 Å². The Morgan fingerprint density at radius 3 is 2.46 bits per heavy atom. The summed E-state index contributed by atoms with van der Waals surface area (Å²) in [6.07, 6.45) is 0. The molecular formula is C30H23FN2O3S. The largest absolute Gasteiger partial charge is 0.489 e. The van der Waals surface area contributed by atoms with Crippen molar-refractivity contribution < 1.29 is 18.7 Å². The third-order valence-electron chi connectivity index (χ3n) is 5.50. The topological polar surface area (TPSA) is 60.5 Å². The number of nitrogens with zero attached hydrogens (tertiary/aromatic N) is 1. The SMILES string of the molecule is O=C(NCc1cccc(Oc2ccccc2)c1)c1csc(-c2cccc(OCc3ccccc3F)c2)n1. The van der Waals surface area contributed by atoms with E-state index in [1.54, 1.807) is 29.6 Å². The van der Waals surface area contributed by atoms with Gasteiger partial charge < -0.3 is 14.8 Å². The van der Waals surface area contributed by atoms with Gasteiger partial charge in [-0.1, -0.05) is 60.7 Å².